The number of nitrogens with one attached hydrogen (secondary N) is 1. The molecule has 0 aliphatic carbocycles. The van der Waals surface area contributed by atoms with Gasteiger partial charge in [0.2, 0.25) is 0 Å². The van der Waals surface area contributed by atoms with Crippen LogP contribution in [0.4, 0.5) is 0 Å². The largest absolute Gasteiger partial charge is 0.349 e. The quantitative estimate of drug-likeness (QED) is 0.563. The number of benzene rings is 2. The maximum atomic E-state index is 4.50. The lowest BCUT2D eigenvalue weighted by molar-refractivity contribution is 0.483. The van der Waals surface area contributed by atoms with Gasteiger partial charge in [-0.25, -0.2) is 0 Å². The molecule has 6 nitrogen and oxygen atoms in total. The number of guanidine groups is 1. The predicted octanol–water partition coefficient (Wildman–Crippen LogP) is 3.14. The van der Waals surface area contributed by atoms with Crippen molar-refractivity contribution in [1.29, 1.82) is 0 Å². The molecule has 0 saturated carbocycles. The van der Waals surface area contributed by atoms with E-state index in [0.29, 0.717) is 12.5 Å². The van der Waals surface area contributed by atoms with E-state index < -0.39 is 0 Å². The number of para-hydroxylation sites is 1. The van der Waals surface area contributed by atoms with E-state index in [4.69, 9.17) is 0 Å². The van der Waals surface area contributed by atoms with Gasteiger partial charge in [0.25, 0.3) is 0 Å². The van der Waals surface area contributed by atoms with Crippen LogP contribution in [-0.2, 0) is 6.54 Å². The Kier molecular flexibility index (Phi) is 5.37. The molecule has 1 atom stereocenters. The lowest BCUT2D eigenvalue weighted by Gasteiger charge is -2.22. The van der Waals surface area contributed by atoms with Crippen LogP contribution in [0.1, 0.15) is 29.3 Å². The molecule has 1 unspecified atom stereocenters. The monoisotopic (exact) mass is 374 g/mol. The van der Waals surface area contributed by atoms with Crippen LogP contribution in [0.25, 0.3) is 5.69 Å². The van der Waals surface area contributed by atoms with Gasteiger partial charge in [0.05, 0.1) is 6.54 Å². The molecule has 1 N–H and O–H groups in total. The van der Waals surface area contributed by atoms with E-state index in [1.165, 1.54) is 11.1 Å². The lowest BCUT2D eigenvalue weighted by atomic mass is 9.94. The minimum Gasteiger partial charge on any atom is -0.349 e. The first-order chi connectivity index (χ1) is 13.8. The highest BCUT2D eigenvalue weighted by Crippen LogP contribution is 2.29. The van der Waals surface area contributed by atoms with Crippen LogP contribution in [0.5, 0.6) is 0 Å². The molecule has 1 fully saturated rings. The molecular formula is C22H26N6. The molecule has 3 aromatic rings. The molecule has 0 radical (unpaired) electrons. The topological polar surface area (TPSA) is 58.3 Å². The minimum absolute atomic E-state index is 0.549. The third-order valence-electron chi connectivity index (χ3n) is 5.39. The summed E-state index contributed by atoms with van der Waals surface area (Å²) in [5.41, 5.74) is 3.87. The van der Waals surface area contributed by atoms with Crippen LogP contribution in [0, 0.1) is 6.92 Å². The number of nitrogens with zero attached hydrogens (tertiary/aromatic N) is 5. The summed E-state index contributed by atoms with van der Waals surface area (Å²) >= 11 is 0. The van der Waals surface area contributed by atoms with Crippen molar-refractivity contribution in [3.05, 3.63) is 77.9 Å². The number of aromatic nitrogens is 3. The van der Waals surface area contributed by atoms with Crippen molar-refractivity contribution >= 4 is 5.96 Å². The minimum atomic E-state index is 0.549. The number of likely N-dealkylation sites (tertiary alicyclic amines) is 1. The van der Waals surface area contributed by atoms with Gasteiger partial charge in [0.1, 0.15) is 6.33 Å². The van der Waals surface area contributed by atoms with Crippen molar-refractivity contribution in [3.63, 3.8) is 0 Å². The summed E-state index contributed by atoms with van der Waals surface area (Å²) < 4.78 is 2.00. The van der Waals surface area contributed by atoms with Gasteiger partial charge in [-0.2, -0.15) is 0 Å². The first-order valence-electron chi connectivity index (χ1n) is 9.71. The average molecular weight is 374 g/mol. The van der Waals surface area contributed by atoms with Crippen molar-refractivity contribution < 1.29 is 0 Å². The number of aryl methyl sites for hydroxylation is 1. The molecule has 28 heavy (non-hydrogen) atoms. The summed E-state index contributed by atoms with van der Waals surface area (Å²) in [4.78, 5) is 6.83. The van der Waals surface area contributed by atoms with Gasteiger partial charge >= 0.3 is 0 Å². The smallest absolute Gasteiger partial charge is 0.194 e. The number of hydrogen-bond donors (Lipinski definition) is 1. The molecule has 6 heteroatoms. The van der Waals surface area contributed by atoms with Crippen molar-refractivity contribution in [2.45, 2.75) is 25.8 Å². The zero-order chi connectivity index (χ0) is 19.3. The Bertz CT molecular complexity index is 946. The average Bonchev–Trinajstić information content (AvgIpc) is 3.40. The van der Waals surface area contributed by atoms with Gasteiger partial charge in [-0.15, -0.1) is 10.2 Å². The van der Waals surface area contributed by atoms with Gasteiger partial charge in [-0.05, 0) is 36.6 Å². The maximum Gasteiger partial charge on any atom is 0.194 e. The molecule has 4 rings (SSSR count). The van der Waals surface area contributed by atoms with Crippen molar-refractivity contribution in [3.8, 4) is 5.69 Å². The van der Waals surface area contributed by atoms with Crippen LogP contribution in [0.15, 0.2) is 65.9 Å². The fourth-order valence-corrected chi connectivity index (χ4v) is 3.93. The Balaban J connectivity index is 1.42. The fraction of sp³-hybridized carbons (Fsp3) is 0.318. The van der Waals surface area contributed by atoms with Gasteiger partial charge in [0.15, 0.2) is 11.8 Å². The first-order valence-corrected chi connectivity index (χ1v) is 9.71. The van der Waals surface area contributed by atoms with E-state index in [1.807, 2.05) is 29.8 Å². The normalized spacial score (nSPS) is 17.1. The van der Waals surface area contributed by atoms with Gasteiger partial charge in [0, 0.05) is 31.7 Å². The van der Waals surface area contributed by atoms with Crippen LogP contribution in [0.2, 0.25) is 0 Å². The highest BCUT2D eigenvalue weighted by molar-refractivity contribution is 5.80. The van der Waals surface area contributed by atoms with Crippen molar-refractivity contribution in [2.24, 2.45) is 4.99 Å². The fourth-order valence-electron chi connectivity index (χ4n) is 3.93. The molecular weight excluding hydrogens is 348 g/mol. The third kappa shape index (κ3) is 3.76. The van der Waals surface area contributed by atoms with E-state index in [-0.39, 0.29) is 0 Å². The summed E-state index contributed by atoms with van der Waals surface area (Å²) in [5, 5.41) is 11.8. The van der Waals surface area contributed by atoms with Crippen LogP contribution in [-0.4, -0.2) is 45.8 Å². The van der Waals surface area contributed by atoms with E-state index in [2.05, 4.69) is 68.7 Å². The zero-order valence-corrected chi connectivity index (χ0v) is 16.4. The summed E-state index contributed by atoms with van der Waals surface area (Å²) in [7, 11) is 1.84. The van der Waals surface area contributed by atoms with Crippen molar-refractivity contribution in [2.75, 3.05) is 20.1 Å². The Morgan fingerprint density at radius 3 is 2.71 bits per heavy atom. The van der Waals surface area contributed by atoms with Crippen LogP contribution < -0.4 is 5.32 Å². The van der Waals surface area contributed by atoms with Crippen LogP contribution in [0.3, 0.4) is 0 Å². The molecule has 2 heterocycles. The Labute approximate surface area is 165 Å². The third-order valence-corrected chi connectivity index (χ3v) is 5.39. The molecule has 0 bridgehead atoms. The standard InChI is InChI=1S/C22H26N6/c1-17-8-6-7-11-20(17)18-12-13-27(15-18)22(23-2)24-14-21-26-25-16-28(21)19-9-4-3-5-10-19/h3-11,16,18H,12-15H2,1-2H3,(H,23,24). The van der Waals surface area contributed by atoms with Crippen molar-refractivity contribution in [1.82, 2.24) is 25.0 Å². The van der Waals surface area contributed by atoms with E-state index in [1.54, 1.807) is 6.33 Å². The zero-order valence-electron chi connectivity index (χ0n) is 16.4. The molecule has 0 amide bonds. The summed E-state index contributed by atoms with van der Waals surface area (Å²) in [6.07, 6.45) is 2.89. The Hall–Kier alpha value is -3.15. The molecule has 2 aromatic carbocycles. The van der Waals surface area contributed by atoms with Gasteiger partial charge in [-0.3, -0.25) is 9.56 Å². The Morgan fingerprint density at radius 1 is 1.14 bits per heavy atom. The number of aliphatic imine (C=N–C) groups is 1. The molecule has 1 aromatic heterocycles. The molecule has 1 aliphatic heterocycles. The van der Waals surface area contributed by atoms with Gasteiger partial charge < -0.3 is 10.2 Å². The number of rotatable bonds is 4. The summed E-state index contributed by atoms with van der Waals surface area (Å²) in [6, 6.07) is 18.8. The number of hydrogen-bond acceptors (Lipinski definition) is 3. The lowest BCUT2D eigenvalue weighted by Crippen LogP contribution is -2.40. The Morgan fingerprint density at radius 2 is 1.93 bits per heavy atom. The SMILES string of the molecule is CN=C(NCc1nncn1-c1ccccc1)N1CCC(c2ccccc2C)C1. The maximum absolute atomic E-state index is 4.50. The summed E-state index contributed by atoms with van der Waals surface area (Å²) in [6.45, 7) is 4.76. The second-order valence-corrected chi connectivity index (χ2v) is 7.14. The highest BCUT2D eigenvalue weighted by Gasteiger charge is 2.27. The molecule has 1 aliphatic rings. The van der Waals surface area contributed by atoms with Gasteiger partial charge in [-0.1, -0.05) is 42.5 Å². The molecule has 144 valence electrons. The second-order valence-electron chi connectivity index (χ2n) is 7.14. The van der Waals surface area contributed by atoms with E-state index >= 15 is 0 Å². The highest BCUT2D eigenvalue weighted by atomic mass is 15.3. The second kappa shape index (κ2) is 8.25. The first kappa shape index (κ1) is 18.2. The summed E-state index contributed by atoms with van der Waals surface area (Å²) in [5.74, 6) is 2.33. The van der Waals surface area contributed by atoms with E-state index in [9.17, 15) is 0 Å². The molecule has 1 saturated heterocycles. The predicted molar refractivity (Wildman–Crippen MR) is 112 cm³/mol. The van der Waals surface area contributed by atoms with Crippen LogP contribution >= 0.6 is 0 Å². The molecule has 0 spiro atoms. The van der Waals surface area contributed by atoms with E-state index in [0.717, 1.165) is 37.0 Å².